The Morgan fingerprint density at radius 1 is 0.944 bits per heavy atom. The Labute approximate surface area is 211 Å². The van der Waals surface area contributed by atoms with Crippen LogP contribution in [-0.2, 0) is 19.6 Å². The van der Waals surface area contributed by atoms with Crippen LogP contribution >= 0.6 is 0 Å². The van der Waals surface area contributed by atoms with Gasteiger partial charge in [0.1, 0.15) is 17.4 Å². The van der Waals surface area contributed by atoms with E-state index in [1.54, 1.807) is 24.3 Å². The number of hydrogen-bond acceptors (Lipinski definition) is 3. The molecule has 0 radical (unpaired) electrons. The number of rotatable bonds is 7. The highest BCUT2D eigenvalue weighted by molar-refractivity contribution is 5.92. The van der Waals surface area contributed by atoms with Gasteiger partial charge in [0, 0.05) is 25.7 Å². The molecule has 5 rings (SSSR count). The molecule has 0 spiro atoms. The number of carbonyl (C=O) groups excluding carboxylic acids is 1. The summed E-state index contributed by atoms with van der Waals surface area (Å²) < 4.78 is 33.3. The number of fused-ring (bicyclic) bond motifs is 2. The van der Waals surface area contributed by atoms with E-state index in [-0.39, 0.29) is 34.4 Å². The molecule has 0 N–H and O–H groups in total. The van der Waals surface area contributed by atoms with Gasteiger partial charge in [0.05, 0.1) is 6.54 Å². The molecule has 6 heteroatoms. The first-order valence-electron chi connectivity index (χ1n) is 12.7. The van der Waals surface area contributed by atoms with Crippen LogP contribution in [0.1, 0.15) is 67.5 Å². The summed E-state index contributed by atoms with van der Waals surface area (Å²) in [6, 6.07) is 16.8. The van der Waals surface area contributed by atoms with Crippen molar-refractivity contribution in [3.63, 3.8) is 0 Å². The van der Waals surface area contributed by atoms with Crippen molar-refractivity contribution in [1.82, 2.24) is 9.80 Å². The highest BCUT2D eigenvalue weighted by Crippen LogP contribution is 2.52. The number of nitrogens with zero attached hydrogens (tertiary/aromatic N) is 2. The molecule has 2 bridgehead atoms. The van der Waals surface area contributed by atoms with Gasteiger partial charge in [-0.2, -0.15) is 0 Å². The second-order valence-corrected chi connectivity index (χ2v) is 11.8. The Bertz CT molecular complexity index is 1240. The largest absolute Gasteiger partial charge is 0.455 e. The zero-order valence-corrected chi connectivity index (χ0v) is 21.3. The van der Waals surface area contributed by atoms with E-state index in [1.165, 1.54) is 24.3 Å². The first-order chi connectivity index (χ1) is 17.1. The van der Waals surface area contributed by atoms with Crippen LogP contribution in [-0.4, -0.2) is 28.3 Å². The van der Waals surface area contributed by atoms with Gasteiger partial charge in [-0.25, -0.2) is 8.78 Å². The Hall–Kier alpha value is -2.99. The van der Waals surface area contributed by atoms with E-state index >= 15 is 0 Å². The Kier molecular flexibility index (Phi) is 6.50. The maximum absolute atomic E-state index is 13.8. The molecule has 1 saturated carbocycles. The highest BCUT2D eigenvalue weighted by Gasteiger charge is 2.51. The molecule has 1 aliphatic carbocycles. The molecular formula is C30H34F2N2O2. The number of halogens is 2. The van der Waals surface area contributed by atoms with E-state index < -0.39 is 0 Å². The van der Waals surface area contributed by atoms with E-state index in [1.807, 2.05) is 17.0 Å². The zero-order valence-electron chi connectivity index (χ0n) is 21.3. The third-order valence-corrected chi connectivity index (χ3v) is 7.54. The summed E-state index contributed by atoms with van der Waals surface area (Å²) in [4.78, 5) is 17.5. The number of likely N-dealkylation sites (tertiary alicyclic amines) is 1. The molecule has 2 heterocycles. The molecule has 2 fully saturated rings. The van der Waals surface area contributed by atoms with Gasteiger partial charge < -0.3 is 9.32 Å². The average Bonchev–Trinajstić information content (AvgIpc) is 3.35. The van der Waals surface area contributed by atoms with Gasteiger partial charge >= 0.3 is 0 Å². The second kappa shape index (κ2) is 9.47. The van der Waals surface area contributed by atoms with Crippen LogP contribution in [0.2, 0.25) is 0 Å². The summed E-state index contributed by atoms with van der Waals surface area (Å²) in [5.74, 6) is 0.431. The van der Waals surface area contributed by atoms with Crippen molar-refractivity contribution in [3.05, 3.63) is 94.9 Å². The fourth-order valence-corrected chi connectivity index (χ4v) is 6.55. The third-order valence-electron chi connectivity index (χ3n) is 7.54. The molecule has 2 atom stereocenters. The van der Waals surface area contributed by atoms with Crippen LogP contribution in [0, 0.1) is 22.5 Å². The summed E-state index contributed by atoms with van der Waals surface area (Å²) >= 11 is 0. The Balaban J connectivity index is 1.32. The van der Waals surface area contributed by atoms with Crippen LogP contribution in [0.25, 0.3) is 0 Å². The summed E-state index contributed by atoms with van der Waals surface area (Å²) in [6.45, 7) is 9.11. The number of furan rings is 1. The van der Waals surface area contributed by atoms with Gasteiger partial charge in [0.25, 0.3) is 5.91 Å². The number of amides is 1. The summed E-state index contributed by atoms with van der Waals surface area (Å²) in [6.07, 6.45) is 3.19. The Morgan fingerprint density at radius 2 is 1.69 bits per heavy atom. The first kappa shape index (κ1) is 24.7. The first-order valence-corrected chi connectivity index (χ1v) is 12.7. The molecule has 2 aliphatic rings. The molecule has 3 aromatic rings. The van der Waals surface area contributed by atoms with Crippen LogP contribution in [0.5, 0.6) is 0 Å². The molecule has 2 aromatic carbocycles. The minimum atomic E-state index is -0.284. The normalized spacial score (nSPS) is 22.8. The van der Waals surface area contributed by atoms with Crippen molar-refractivity contribution < 1.29 is 18.0 Å². The average molecular weight is 493 g/mol. The van der Waals surface area contributed by atoms with Crippen molar-refractivity contribution >= 4 is 5.91 Å². The van der Waals surface area contributed by atoms with Crippen LogP contribution < -0.4 is 0 Å². The minimum Gasteiger partial charge on any atom is -0.455 e. The van der Waals surface area contributed by atoms with Gasteiger partial charge in [-0.1, -0.05) is 45.0 Å². The molecule has 190 valence electrons. The topological polar surface area (TPSA) is 36.7 Å². The van der Waals surface area contributed by atoms with Crippen molar-refractivity contribution in [2.24, 2.45) is 10.8 Å². The van der Waals surface area contributed by atoms with E-state index in [0.717, 1.165) is 36.9 Å². The van der Waals surface area contributed by atoms with E-state index in [0.29, 0.717) is 31.2 Å². The van der Waals surface area contributed by atoms with E-state index in [4.69, 9.17) is 4.42 Å². The summed E-state index contributed by atoms with van der Waals surface area (Å²) in [5.41, 5.74) is 2.17. The van der Waals surface area contributed by atoms with Gasteiger partial charge in [-0.15, -0.1) is 0 Å². The third kappa shape index (κ3) is 5.54. The van der Waals surface area contributed by atoms with Gasteiger partial charge in [0.2, 0.25) is 0 Å². The standard InChI is InChI=1S/C30H34F2N2O2/c1-29(2)14-25-15-30(3,19-29)20-34(25)28(35)27-12-11-26(36-27)18-33(16-21-7-9-23(31)10-8-21)17-22-5-4-6-24(32)13-22/h4-13,25H,14-20H2,1-3H3. The lowest BCUT2D eigenvalue weighted by atomic mass is 9.65. The zero-order chi connectivity index (χ0) is 25.5. The molecule has 36 heavy (non-hydrogen) atoms. The number of hydrogen-bond donors (Lipinski definition) is 0. The highest BCUT2D eigenvalue weighted by atomic mass is 19.1. The van der Waals surface area contributed by atoms with Crippen molar-refractivity contribution in [1.29, 1.82) is 0 Å². The van der Waals surface area contributed by atoms with Gasteiger partial charge in [0.15, 0.2) is 5.76 Å². The minimum absolute atomic E-state index is 0.0390. The lowest BCUT2D eigenvalue weighted by Gasteiger charge is -2.39. The summed E-state index contributed by atoms with van der Waals surface area (Å²) in [5, 5.41) is 0. The van der Waals surface area contributed by atoms with E-state index in [2.05, 4.69) is 25.7 Å². The summed E-state index contributed by atoms with van der Waals surface area (Å²) in [7, 11) is 0. The van der Waals surface area contributed by atoms with Crippen LogP contribution in [0.4, 0.5) is 8.78 Å². The number of carbonyl (C=O) groups is 1. The number of benzene rings is 2. The molecule has 4 nitrogen and oxygen atoms in total. The maximum atomic E-state index is 13.8. The van der Waals surface area contributed by atoms with Crippen molar-refractivity contribution in [2.45, 2.75) is 65.7 Å². The molecular weight excluding hydrogens is 458 g/mol. The SMILES string of the molecule is CC1(C)CC2CC(C)(CN2C(=O)c2ccc(CN(Cc3ccc(F)cc3)Cc3cccc(F)c3)o2)C1. The second-order valence-electron chi connectivity index (χ2n) is 11.8. The molecule has 1 aromatic heterocycles. The van der Waals surface area contributed by atoms with Gasteiger partial charge in [-0.3, -0.25) is 9.69 Å². The molecule has 1 aliphatic heterocycles. The lowest BCUT2D eigenvalue weighted by Crippen LogP contribution is -2.37. The molecule has 1 amide bonds. The maximum Gasteiger partial charge on any atom is 0.289 e. The predicted octanol–water partition coefficient (Wildman–Crippen LogP) is 6.80. The smallest absolute Gasteiger partial charge is 0.289 e. The predicted molar refractivity (Wildman–Crippen MR) is 135 cm³/mol. The van der Waals surface area contributed by atoms with Crippen LogP contribution in [0.3, 0.4) is 0 Å². The quantitative estimate of drug-likeness (QED) is 0.364. The van der Waals surface area contributed by atoms with Crippen LogP contribution in [0.15, 0.2) is 65.1 Å². The van der Waals surface area contributed by atoms with Crippen molar-refractivity contribution in [2.75, 3.05) is 6.54 Å². The monoisotopic (exact) mass is 492 g/mol. The fraction of sp³-hybridized carbons (Fsp3) is 0.433. The fourth-order valence-electron chi connectivity index (χ4n) is 6.55. The van der Waals surface area contributed by atoms with Crippen molar-refractivity contribution in [3.8, 4) is 0 Å². The molecule has 2 unspecified atom stereocenters. The van der Waals surface area contributed by atoms with Gasteiger partial charge in [-0.05, 0) is 77.6 Å². The Morgan fingerprint density at radius 3 is 2.44 bits per heavy atom. The molecule has 1 saturated heterocycles. The lowest BCUT2D eigenvalue weighted by molar-refractivity contribution is 0.0672. The van der Waals surface area contributed by atoms with E-state index in [9.17, 15) is 13.6 Å².